The van der Waals surface area contributed by atoms with Crippen molar-refractivity contribution in [3.05, 3.63) is 144 Å². The lowest BCUT2D eigenvalue weighted by atomic mass is 10.0. The van der Waals surface area contributed by atoms with Crippen LogP contribution in [0.2, 0.25) is 0 Å². The lowest BCUT2D eigenvalue weighted by Crippen LogP contribution is -2.07. The van der Waals surface area contributed by atoms with E-state index in [0.29, 0.717) is 25.4 Å². The molecule has 3 aromatic carbocycles. The molecule has 0 fully saturated rings. The van der Waals surface area contributed by atoms with Crippen molar-refractivity contribution >= 4 is 23.9 Å². The van der Waals surface area contributed by atoms with Crippen LogP contribution in [-0.2, 0) is 52.7 Å². The number of carbonyl (C=O) groups is 4. The van der Waals surface area contributed by atoms with Gasteiger partial charge < -0.3 is 19.3 Å². The van der Waals surface area contributed by atoms with Crippen LogP contribution < -0.4 is 0 Å². The van der Waals surface area contributed by atoms with E-state index in [-0.39, 0.29) is 23.5 Å². The smallest absolute Gasteiger partial charge is 0.333 e. The maximum Gasteiger partial charge on any atom is 0.333 e. The van der Waals surface area contributed by atoms with Crippen LogP contribution in [0, 0.1) is 0 Å². The molecule has 8 nitrogen and oxygen atoms in total. The van der Waals surface area contributed by atoms with Gasteiger partial charge in [0.15, 0.2) is 0 Å². The highest BCUT2D eigenvalue weighted by molar-refractivity contribution is 5.87. The molecule has 0 bridgehead atoms. The number of hydrogen-bond acceptors (Lipinski definition) is 7. The van der Waals surface area contributed by atoms with Crippen molar-refractivity contribution < 1.29 is 38.5 Å². The first-order chi connectivity index (χ1) is 21.9. The minimum Gasteiger partial charge on any atom is -0.478 e. The van der Waals surface area contributed by atoms with Crippen LogP contribution in [-0.4, -0.2) is 48.8 Å². The first kappa shape index (κ1) is 40.8. The third-order valence-corrected chi connectivity index (χ3v) is 5.60. The molecule has 0 amide bonds. The summed E-state index contributed by atoms with van der Waals surface area (Å²) in [6.45, 7) is 17.6. The zero-order chi connectivity index (χ0) is 34.7. The number of carboxylic acids is 1. The summed E-state index contributed by atoms with van der Waals surface area (Å²) in [7, 11) is 0. The number of hydrogen-bond donors (Lipinski definition) is 1. The number of carbonyl (C=O) groups excluding carboxylic acids is 3. The monoisotopic (exact) mass is 630 g/mol. The Hall–Kier alpha value is -5.24. The summed E-state index contributed by atoms with van der Waals surface area (Å²) in [6.07, 6.45) is 3.60. The quantitative estimate of drug-likeness (QED) is 0.128. The summed E-state index contributed by atoms with van der Waals surface area (Å²) in [5.74, 6) is -1.83. The van der Waals surface area contributed by atoms with Gasteiger partial charge in [-0.1, -0.05) is 105 Å². The molecular formula is C38H46O8. The van der Waals surface area contributed by atoms with Gasteiger partial charge in [0.25, 0.3) is 0 Å². The normalized spacial score (nSPS) is 9.22. The molecule has 0 spiro atoms. The molecule has 8 heteroatoms. The Bertz CT molecular complexity index is 1350. The predicted octanol–water partition coefficient (Wildman–Crippen LogP) is 7.11. The molecule has 0 heterocycles. The predicted molar refractivity (Wildman–Crippen MR) is 181 cm³/mol. The zero-order valence-electron chi connectivity index (χ0n) is 27.3. The van der Waals surface area contributed by atoms with Crippen molar-refractivity contribution in [3.8, 4) is 0 Å². The number of benzene rings is 3. The summed E-state index contributed by atoms with van der Waals surface area (Å²) in [4.78, 5) is 41.4. The van der Waals surface area contributed by atoms with Crippen molar-refractivity contribution in [2.45, 2.75) is 47.0 Å². The number of rotatable bonds is 12. The lowest BCUT2D eigenvalue weighted by molar-refractivity contribution is -0.140. The fourth-order valence-electron chi connectivity index (χ4n) is 3.22. The molecule has 0 radical (unpaired) electrons. The van der Waals surface area contributed by atoms with Crippen molar-refractivity contribution in [1.82, 2.24) is 0 Å². The second-order valence-corrected chi connectivity index (χ2v) is 9.76. The summed E-state index contributed by atoms with van der Waals surface area (Å²) in [6, 6.07) is 28.7. The van der Waals surface area contributed by atoms with Crippen LogP contribution in [0.1, 0.15) is 49.9 Å². The van der Waals surface area contributed by atoms with E-state index in [1.165, 1.54) is 42.2 Å². The van der Waals surface area contributed by atoms with Gasteiger partial charge in [-0.05, 0) is 49.4 Å². The second-order valence-electron chi connectivity index (χ2n) is 9.76. The molecule has 0 saturated carbocycles. The Morgan fingerprint density at radius 2 is 1.07 bits per heavy atom. The van der Waals surface area contributed by atoms with Gasteiger partial charge in [-0.25, -0.2) is 14.4 Å². The number of aliphatic carboxylic acids is 1. The summed E-state index contributed by atoms with van der Waals surface area (Å²) in [5.41, 5.74) is 5.54. The molecule has 0 atom stereocenters. The van der Waals surface area contributed by atoms with E-state index in [4.69, 9.17) is 14.6 Å². The SMILES string of the molecule is C=C(C)C(=O)O.C=C(C)C(=O)OCCc1ccccc1.C=CC(=O)OCCc1ccc(Cc2ccccc2)cc1.CCOC(C)=O. The van der Waals surface area contributed by atoms with Crippen LogP contribution in [0.25, 0.3) is 0 Å². The molecule has 3 aromatic rings. The van der Waals surface area contributed by atoms with Crippen LogP contribution in [0.3, 0.4) is 0 Å². The molecule has 0 aromatic heterocycles. The van der Waals surface area contributed by atoms with E-state index in [1.54, 1.807) is 13.8 Å². The van der Waals surface area contributed by atoms with E-state index >= 15 is 0 Å². The Morgan fingerprint density at radius 3 is 1.46 bits per heavy atom. The first-order valence-corrected chi connectivity index (χ1v) is 14.7. The highest BCUT2D eigenvalue weighted by Gasteiger charge is 2.02. The van der Waals surface area contributed by atoms with Gasteiger partial charge in [0.1, 0.15) is 0 Å². The molecule has 0 aliphatic carbocycles. The Labute approximate surface area is 273 Å². The molecule has 0 aliphatic heterocycles. The van der Waals surface area contributed by atoms with Crippen LogP contribution in [0.5, 0.6) is 0 Å². The van der Waals surface area contributed by atoms with Crippen molar-refractivity contribution in [3.63, 3.8) is 0 Å². The minimum atomic E-state index is -0.935. The van der Waals surface area contributed by atoms with Gasteiger partial charge in [-0.2, -0.15) is 0 Å². The van der Waals surface area contributed by atoms with Gasteiger partial charge in [-0.3, -0.25) is 4.79 Å². The Morgan fingerprint density at radius 1 is 0.652 bits per heavy atom. The minimum absolute atomic E-state index is 0.176. The van der Waals surface area contributed by atoms with Crippen molar-refractivity contribution in [2.75, 3.05) is 19.8 Å². The van der Waals surface area contributed by atoms with Gasteiger partial charge in [0, 0.05) is 37.0 Å². The summed E-state index contributed by atoms with van der Waals surface area (Å²) >= 11 is 0. The van der Waals surface area contributed by atoms with Gasteiger partial charge in [-0.15, -0.1) is 0 Å². The van der Waals surface area contributed by atoms with E-state index < -0.39 is 5.97 Å². The van der Waals surface area contributed by atoms with E-state index in [2.05, 4.69) is 73.0 Å². The fourth-order valence-corrected chi connectivity index (χ4v) is 3.22. The van der Waals surface area contributed by atoms with Crippen LogP contribution in [0.4, 0.5) is 0 Å². The molecule has 46 heavy (non-hydrogen) atoms. The van der Waals surface area contributed by atoms with Crippen LogP contribution >= 0.6 is 0 Å². The Kier molecular flexibility index (Phi) is 22.3. The van der Waals surface area contributed by atoms with E-state index in [1.807, 2.05) is 36.4 Å². The third kappa shape index (κ3) is 22.3. The fraction of sp³-hybridized carbons (Fsp3) is 0.263. The van der Waals surface area contributed by atoms with Crippen LogP contribution in [0.15, 0.2) is 122 Å². The highest BCUT2D eigenvalue weighted by Crippen LogP contribution is 2.11. The van der Waals surface area contributed by atoms with Gasteiger partial charge >= 0.3 is 23.9 Å². The molecule has 0 saturated heterocycles. The molecule has 1 N–H and O–H groups in total. The number of carboxylic acid groups (broad SMARTS) is 1. The standard InChI is InChI=1S/C18H18O2.C12H14O2.C4H8O2.C4H6O2/c1-2-18(19)20-13-12-15-8-10-17(11-9-15)14-16-6-4-3-5-7-16;1-10(2)12(13)14-9-8-11-6-4-3-5-7-11;1-3-6-4(2)5;1-3(2)4(5)6/h2-11H,1,12-14H2;3-7H,1,8-9H2,2H3;3H2,1-2H3;1H2,2H3,(H,5,6). The number of ether oxygens (including phenoxy) is 3. The second kappa shape index (κ2) is 25.1. The van der Waals surface area contributed by atoms with Gasteiger partial charge in [0.2, 0.25) is 0 Å². The molecule has 246 valence electrons. The topological polar surface area (TPSA) is 116 Å². The van der Waals surface area contributed by atoms with E-state index in [0.717, 1.165) is 19.3 Å². The number of esters is 3. The largest absolute Gasteiger partial charge is 0.478 e. The highest BCUT2D eigenvalue weighted by atomic mass is 16.5. The molecule has 0 aliphatic rings. The lowest BCUT2D eigenvalue weighted by Gasteiger charge is -2.05. The first-order valence-electron chi connectivity index (χ1n) is 14.7. The average molecular weight is 631 g/mol. The third-order valence-electron chi connectivity index (χ3n) is 5.60. The van der Waals surface area contributed by atoms with E-state index in [9.17, 15) is 19.2 Å². The molecular weight excluding hydrogens is 584 g/mol. The van der Waals surface area contributed by atoms with Gasteiger partial charge in [0.05, 0.1) is 19.8 Å². The zero-order valence-corrected chi connectivity index (χ0v) is 27.3. The molecule has 3 rings (SSSR count). The van der Waals surface area contributed by atoms with Crippen molar-refractivity contribution in [2.24, 2.45) is 0 Å². The van der Waals surface area contributed by atoms with Crippen molar-refractivity contribution in [1.29, 1.82) is 0 Å². The maximum absolute atomic E-state index is 11.0. The summed E-state index contributed by atoms with van der Waals surface area (Å²) < 4.78 is 14.3. The maximum atomic E-state index is 11.0. The Balaban J connectivity index is 0.000000673. The average Bonchev–Trinajstić information content (AvgIpc) is 3.03. The molecule has 0 unspecified atom stereocenters. The summed E-state index contributed by atoms with van der Waals surface area (Å²) in [5, 5.41) is 7.89.